The van der Waals surface area contributed by atoms with Crippen molar-refractivity contribution in [3.8, 4) is 22.5 Å². The average molecular weight is 308 g/mol. The second kappa shape index (κ2) is 5.14. The van der Waals surface area contributed by atoms with E-state index in [4.69, 9.17) is 0 Å². The highest BCUT2D eigenvalue weighted by molar-refractivity contribution is 5.93. The van der Waals surface area contributed by atoms with Gasteiger partial charge in [0.25, 0.3) is 0 Å². The molecule has 114 valence electrons. The van der Waals surface area contributed by atoms with Crippen LogP contribution in [-0.4, -0.2) is 9.97 Å². The molecule has 0 aliphatic rings. The zero-order valence-electron chi connectivity index (χ0n) is 13.1. The fourth-order valence-corrected chi connectivity index (χ4v) is 3.39. The van der Waals surface area contributed by atoms with E-state index in [1.165, 1.54) is 32.9 Å². The molecule has 0 amide bonds. The summed E-state index contributed by atoms with van der Waals surface area (Å²) in [5.41, 5.74) is 7.04. The summed E-state index contributed by atoms with van der Waals surface area (Å²) < 4.78 is 0. The molecule has 3 aromatic carbocycles. The van der Waals surface area contributed by atoms with E-state index >= 15 is 0 Å². The maximum atomic E-state index is 3.54. The molecular weight excluding hydrogens is 292 g/mol. The van der Waals surface area contributed by atoms with Crippen LogP contribution in [0, 0.1) is 0 Å². The number of benzene rings is 3. The number of aromatic amines is 2. The molecular formula is C22H16N2. The third-order valence-corrected chi connectivity index (χ3v) is 4.57. The van der Waals surface area contributed by atoms with Gasteiger partial charge in [-0.1, -0.05) is 60.7 Å². The van der Waals surface area contributed by atoms with Gasteiger partial charge in [0.15, 0.2) is 0 Å². The van der Waals surface area contributed by atoms with Gasteiger partial charge in [0, 0.05) is 44.3 Å². The SMILES string of the molecule is c1ccc(-c2cc3ccccc3[nH]2)c(-c2cc3ccccc3[nH]2)c1. The first-order chi connectivity index (χ1) is 11.9. The van der Waals surface area contributed by atoms with Gasteiger partial charge >= 0.3 is 0 Å². The van der Waals surface area contributed by atoms with Crippen LogP contribution in [0.15, 0.2) is 84.9 Å². The molecule has 5 rings (SSSR count). The molecule has 2 heterocycles. The van der Waals surface area contributed by atoms with Crippen molar-refractivity contribution in [2.45, 2.75) is 0 Å². The molecule has 0 saturated heterocycles. The number of hydrogen-bond donors (Lipinski definition) is 2. The van der Waals surface area contributed by atoms with Crippen LogP contribution in [-0.2, 0) is 0 Å². The van der Waals surface area contributed by atoms with Crippen molar-refractivity contribution in [1.82, 2.24) is 9.97 Å². The van der Waals surface area contributed by atoms with Crippen molar-refractivity contribution in [3.05, 3.63) is 84.9 Å². The standard InChI is InChI=1S/C22H16N2/c1-5-11-19-15(7-1)13-21(23-19)17-9-3-4-10-18(17)22-14-16-8-2-6-12-20(16)24-22/h1-14,23-24H. The Hall–Kier alpha value is -3.26. The van der Waals surface area contributed by atoms with E-state index in [0.717, 1.165) is 11.4 Å². The molecule has 2 nitrogen and oxygen atoms in total. The second-order valence-corrected chi connectivity index (χ2v) is 6.09. The van der Waals surface area contributed by atoms with Gasteiger partial charge in [0.1, 0.15) is 0 Å². The Morgan fingerprint density at radius 2 is 0.875 bits per heavy atom. The lowest BCUT2D eigenvalue weighted by molar-refractivity contribution is 1.42. The fraction of sp³-hybridized carbons (Fsp3) is 0. The van der Waals surface area contributed by atoms with Crippen LogP contribution in [0.2, 0.25) is 0 Å². The highest BCUT2D eigenvalue weighted by Gasteiger charge is 2.11. The first-order valence-corrected chi connectivity index (χ1v) is 8.14. The van der Waals surface area contributed by atoms with Crippen LogP contribution in [0.5, 0.6) is 0 Å². The average Bonchev–Trinajstić information content (AvgIpc) is 3.25. The lowest BCUT2D eigenvalue weighted by atomic mass is 10.0. The quantitative estimate of drug-likeness (QED) is 0.402. The van der Waals surface area contributed by atoms with Crippen LogP contribution < -0.4 is 0 Å². The minimum absolute atomic E-state index is 1.14. The summed E-state index contributed by atoms with van der Waals surface area (Å²) >= 11 is 0. The lowest BCUT2D eigenvalue weighted by Gasteiger charge is -2.06. The van der Waals surface area contributed by atoms with Gasteiger partial charge in [-0.2, -0.15) is 0 Å². The molecule has 5 aromatic rings. The molecule has 0 bridgehead atoms. The molecule has 0 aliphatic carbocycles. The summed E-state index contributed by atoms with van der Waals surface area (Å²) in [7, 11) is 0. The molecule has 0 aliphatic heterocycles. The van der Waals surface area contributed by atoms with Crippen molar-refractivity contribution < 1.29 is 0 Å². The van der Waals surface area contributed by atoms with E-state index in [0.29, 0.717) is 0 Å². The molecule has 24 heavy (non-hydrogen) atoms. The molecule has 2 aromatic heterocycles. The number of hydrogen-bond acceptors (Lipinski definition) is 0. The predicted octanol–water partition coefficient (Wildman–Crippen LogP) is 5.98. The monoisotopic (exact) mass is 308 g/mol. The van der Waals surface area contributed by atoms with Crippen molar-refractivity contribution in [2.75, 3.05) is 0 Å². The Kier molecular flexibility index (Phi) is 2.83. The van der Waals surface area contributed by atoms with Crippen molar-refractivity contribution in [3.63, 3.8) is 0 Å². The van der Waals surface area contributed by atoms with E-state index < -0.39 is 0 Å². The Balaban J connectivity index is 1.72. The molecule has 0 atom stereocenters. The highest BCUT2D eigenvalue weighted by Crippen LogP contribution is 2.34. The largest absolute Gasteiger partial charge is 0.355 e. The highest BCUT2D eigenvalue weighted by atomic mass is 14.7. The summed E-state index contributed by atoms with van der Waals surface area (Å²) in [4.78, 5) is 7.08. The minimum Gasteiger partial charge on any atom is -0.355 e. The summed E-state index contributed by atoms with van der Waals surface area (Å²) in [6.07, 6.45) is 0. The molecule has 2 N–H and O–H groups in total. The van der Waals surface area contributed by atoms with Crippen LogP contribution in [0.25, 0.3) is 44.3 Å². The van der Waals surface area contributed by atoms with Crippen molar-refractivity contribution in [2.24, 2.45) is 0 Å². The predicted molar refractivity (Wildman–Crippen MR) is 101 cm³/mol. The van der Waals surface area contributed by atoms with Gasteiger partial charge in [-0.25, -0.2) is 0 Å². The molecule has 0 unspecified atom stereocenters. The Labute approximate surface area is 139 Å². The molecule has 0 fully saturated rings. The Morgan fingerprint density at radius 1 is 0.458 bits per heavy atom. The van der Waals surface area contributed by atoms with E-state index in [-0.39, 0.29) is 0 Å². The lowest BCUT2D eigenvalue weighted by Crippen LogP contribution is -1.84. The number of fused-ring (bicyclic) bond motifs is 2. The van der Waals surface area contributed by atoms with Crippen LogP contribution >= 0.6 is 0 Å². The number of nitrogens with one attached hydrogen (secondary N) is 2. The van der Waals surface area contributed by atoms with Gasteiger partial charge in [-0.15, -0.1) is 0 Å². The maximum Gasteiger partial charge on any atom is 0.0471 e. The first kappa shape index (κ1) is 13.2. The number of para-hydroxylation sites is 2. The summed E-state index contributed by atoms with van der Waals surface area (Å²) in [5.74, 6) is 0. The number of aromatic nitrogens is 2. The Bertz CT molecular complexity index is 1000. The maximum absolute atomic E-state index is 3.54. The molecule has 2 heteroatoms. The molecule has 0 saturated carbocycles. The first-order valence-electron chi connectivity index (χ1n) is 8.14. The van der Waals surface area contributed by atoms with E-state index in [1.807, 2.05) is 0 Å². The van der Waals surface area contributed by atoms with E-state index in [1.54, 1.807) is 0 Å². The fourth-order valence-electron chi connectivity index (χ4n) is 3.39. The van der Waals surface area contributed by atoms with E-state index in [9.17, 15) is 0 Å². The van der Waals surface area contributed by atoms with Gasteiger partial charge in [-0.05, 0) is 24.3 Å². The zero-order chi connectivity index (χ0) is 15.9. The topological polar surface area (TPSA) is 31.6 Å². The van der Waals surface area contributed by atoms with Crippen molar-refractivity contribution in [1.29, 1.82) is 0 Å². The molecule has 0 radical (unpaired) electrons. The third kappa shape index (κ3) is 2.04. The smallest absolute Gasteiger partial charge is 0.0471 e. The van der Waals surface area contributed by atoms with Crippen LogP contribution in [0.3, 0.4) is 0 Å². The summed E-state index contributed by atoms with van der Waals surface area (Å²) in [6, 6.07) is 29.7. The summed E-state index contributed by atoms with van der Waals surface area (Å²) in [5, 5.41) is 2.47. The van der Waals surface area contributed by atoms with Crippen molar-refractivity contribution >= 4 is 21.8 Å². The number of rotatable bonds is 2. The van der Waals surface area contributed by atoms with Crippen LogP contribution in [0.1, 0.15) is 0 Å². The second-order valence-electron chi connectivity index (χ2n) is 6.09. The van der Waals surface area contributed by atoms with Gasteiger partial charge in [0.2, 0.25) is 0 Å². The number of H-pyrrole nitrogens is 2. The zero-order valence-corrected chi connectivity index (χ0v) is 13.1. The van der Waals surface area contributed by atoms with Gasteiger partial charge in [0.05, 0.1) is 0 Å². The van der Waals surface area contributed by atoms with E-state index in [2.05, 4.69) is 94.9 Å². The molecule has 0 spiro atoms. The Morgan fingerprint density at radius 3 is 1.33 bits per heavy atom. The minimum atomic E-state index is 1.14. The summed E-state index contributed by atoms with van der Waals surface area (Å²) in [6.45, 7) is 0. The normalized spacial score (nSPS) is 11.3. The van der Waals surface area contributed by atoms with Crippen LogP contribution in [0.4, 0.5) is 0 Å². The van der Waals surface area contributed by atoms with Gasteiger partial charge < -0.3 is 9.97 Å². The van der Waals surface area contributed by atoms with Gasteiger partial charge in [-0.3, -0.25) is 0 Å². The third-order valence-electron chi connectivity index (χ3n) is 4.57.